The lowest BCUT2D eigenvalue weighted by molar-refractivity contribution is 1.20. The Bertz CT molecular complexity index is 680. The van der Waals surface area contributed by atoms with Gasteiger partial charge in [0, 0.05) is 22.5 Å². The molecule has 2 aromatic rings. The Balaban J connectivity index is 0.00000264. The van der Waals surface area contributed by atoms with Crippen LogP contribution in [0.1, 0.15) is 0 Å². The smallest absolute Gasteiger partial charge is 0.199 e. The van der Waals surface area contributed by atoms with Crippen molar-refractivity contribution in [3.05, 3.63) is 47.5 Å². The van der Waals surface area contributed by atoms with Gasteiger partial charge in [0.2, 0.25) is 0 Å². The maximum atomic E-state index is 8.26. The fourth-order valence-corrected chi connectivity index (χ4v) is 2.94. The molecule has 2 rings (SSSR count). The lowest BCUT2D eigenvalue weighted by Crippen LogP contribution is -2.32. The molecular formula is C16H19Cl2N3S2. The number of benzene rings is 2. The highest BCUT2D eigenvalue weighted by molar-refractivity contribution is 7.98. The molecule has 0 saturated carbocycles. The van der Waals surface area contributed by atoms with E-state index in [-0.39, 0.29) is 18.4 Å². The standard InChI is InChI=1S/C16H18ClN3S2.ClH/c1-20(11-5-4-6-12(9-11)21-2)16(18)19-15-10-13(22-3)7-8-14(15)17;/h4-10H,1-3H3,(H2,18,19);1H. The lowest BCUT2D eigenvalue weighted by Gasteiger charge is -2.22. The molecule has 2 aromatic carbocycles. The van der Waals surface area contributed by atoms with E-state index in [1.54, 1.807) is 28.4 Å². The van der Waals surface area contributed by atoms with Crippen molar-refractivity contribution in [2.45, 2.75) is 9.79 Å². The molecule has 0 bridgehead atoms. The number of thioether (sulfide) groups is 2. The van der Waals surface area contributed by atoms with Crippen molar-refractivity contribution < 1.29 is 0 Å². The number of anilines is 2. The number of nitrogens with one attached hydrogen (secondary N) is 2. The summed E-state index contributed by atoms with van der Waals surface area (Å²) in [6.45, 7) is 0. The second-order valence-electron chi connectivity index (χ2n) is 4.58. The van der Waals surface area contributed by atoms with E-state index in [0.29, 0.717) is 5.02 Å². The van der Waals surface area contributed by atoms with Gasteiger partial charge < -0.3 is 10.2 Å². The monoisotopic (exact) mass is 387 g/mol. The van der Waals surface area contributed by atoms with Gasteiger partial charge in [0.25, 0.3) is 0 Å². The first-order valence-corrected chi connectivity index (χ1v) is 9.45. The third kappa shape index (κ3) is 5.24. The van der Waals surface area contributed by atoms with Gasteiger partial charge in [0.1, 0.15) is 0 Å². The molecule has 3 nitrogen and oxygen atoms in total. The van der Waals surface area contributed by atoms with Crippen molar-refractivity contribution in [1.29, 1.82) is 5.41 Å². The Labute approximate surface area is 157 Å². The van der Waals surface area contributed by atoms with Gasteiger partial charge >= 0.3 is 0 Å². The summed E-state index contributed by atoms with van der Waals surface area (Å²) in [4.78, 5) is 4.06. The van der Waals surface area contributed by atoms with Gasteiger partial charge in [0.05, 0.1) is 10.7 Å². The van der Waals surface area contributed by atoms with E-state index in [9.17, 15) is 0 Å². The normalized spacial score (nSPS) is 9.91. The van der Waals surface area contributed by atoms with Crippen LogP contribution in [0.3, 0.4) is 0 Å². The predicted molar refractivity (Wildman–Crippen MR) is 108 cm³/mol. The van der Waals surface area contributed by atoms with Crippen LogP contribution in [0.15, 0.2) is 52.3 Å². The van der Waals surface area contributed by atoms with Crippen molar-refractivity contribution in [2.24, 2.45) is 0 Å². The minimum absolute atomic E-state index is 0. The van der Waals surface area contributed by atoms with Gasteiger partial charge in [-0.05, 0) is 48.9 Å². The zero-order valence-corrected chi connectivity index (χ0v) is 16.3. The molecule has 0 aliphatic heterocycles. The zero-order chi connectivity index (χ0) is 16.1. The number of hydrogen-bond donors (Lipinski definition) is 2. The fourth-order valence-electron chi connectivity index (χ4n) is 1.89. The molecule has 0 aliphatic carbocycles. The molecular weight excluding hydrogens is 369 g/mol. The summed E-state index contributed by atoms with van der Waals surface area (Å²) in [6, 6.07) is 13.8. The first-order chi connectivity index (χ1) is 10.5. The highest BCUT2D eigenvalue weighted by Crippen LogP contribution is 2.28. The van der Waals surface area contributed by atoms with Gasteiger partial charge in [-0.2, -0.15) is 0 Å². The van der Waals surface area contributed by atoms with E-state index < -0.39 is 0 Å². The van der Waals surface area contributed by atoms with Crippen LogP contribution >= 0.6 is 47.5 Å². The molecule has 23 heavy (non-hydrogen) atoms. The van der Waals surface area contributed by atoms with Crippen molar-refractivity contribution in [3.8, 4) is 0 Å². The summed E-state index contributed by atoms with van der Waals surface area (Å²) in [5.41, 5.74) is 1.70. The van der Waals surface area contributed by atoms with Crippen LogP contribution in [-0.4, -0.2) is 25.5 Å². The van der Waals surface area contributed by atoms with Crippen LogP contribution < -0.4 is 10.2 Å². The van der Waals surface area contributed by atoms with E-state index in [2.05, 4.69) is 17.4 Å². The minimum atomic E-state index is 0. The lowest BCUT2D eigenvalue weighted by atomic mass is 10.3. The van der Waals surface area contributed by atoms with Crippen molar-refractivity contribution in [3.63, 3.8) is 0 Å². The van der Waals surface area contributed by atoms with Gasteiger partial charge in [0.15, 0.2) is 5.96 Å². The first kappa shape index (κ1) is 20.0. The summed E-state index contributed by atoms with van der Waals surface area (Å²) in [5.74, 6) is 0.276. The SMILES string of the molecule is CSc1cccc(N(C)C(=N)Nc2cc(SC)ccc2Cl)c1.Cl. The Morgan fingerprint density at radius 2 is 1.74 bits per heavy atom. The number of rotatable bonds is 4. The zero-order valence-electron chi connectivity index (χ0n) is 13.1. The highest BCUT2D eigenvalue weighted by Gasteiger charge is 2.10. The molecule has 0 aliphatic rings. The average Bonchev–Trinajstić information content (AvgIpc) is 2.56. The first-order valence-electron chi connectivity index (χ1n) is 6.62. The number of guanidine groups is 1. The molecule has 7 heteroatoms. The van der Waals surface area contributed by atoms with Crippen molar-refractivity contribution in [2.75, 3.05) is 29.8 Å². The van der Waals surface area contributed by atoms with Crippen LogP contribution in [0.5, 0.6) is 0 Å². The number of nitrogens with zero attached hydrogens (tertiary/aromatic N) is 1. The summed E-state index contributed by atoms with van der Waals surface area (Å²) < 4.78 is 0. The summed E-state index contributed by atoms with van der Waals surface area (Å²) >= 11 is 9.53. The van der Waals surface area contributed by atoms with Gasteiger partial charge in [-0.1, -0.05) is 17.7 Å². The van der Waals surface area contributed by atoms with Gasteiger partial charge in [-0.25, -0.2) is 0 Å². The average molecular weight is 388 g/mol. The van der Waals surface area contributed by atoms with Crippen LogP contribution in [0, 0.1) is 5.41 Å². The molecule has 0 aromatic heterocycles. The summed E-state index contributed by atoms with van der Waals surface area (Å²) in [5, 5.41) is 11.9. The van der Waals surface area contributed by atoms with Crippen LogP contribution in [0.4, 0.5) is 11.4 Å². The molecule has 0 radical (unpaired) electrons. The van der Waals surface area contributed by atoms with E-state index in [4.69, 9.17) is 17.0 Å². The second-order valence-corrected chi connectivity index (χ2v) is 6.75. The van der Waals surface area contributed by atoms with Crippen LogP contribution in [0.25, 0.3) is 0 Å². The number of hydrogen-bond acceptors (Lipinski definition) is 3. The molecule has 0 fully saturated rings. The Hall–Kier alpha value is -1.01. The minimum Gasteiger partial charge on any atom is -0.325 e. The molecule has 124 valence electrons. The third-order valence-electron chi connectivity index (χ3n) is 3.20. The molecule has 0 atom stereocenters. The topological polar surface area (TPSA) is 39.1 Å². The maximum Gasteiger partial charge on any atom is 0.199 e. The Kier molecular flexibility index (Phi) is 8.12. The summed E-state index contributed by atoms with van der Waals surface area (Å²) in [7, 11) is 1.86. The molecule has 0 saturated heterocycles. The Morgan fingerprint density at radius 3 is 2.39 bits per heavy atom. The van der Waals surface area contributed by atoms with Crippen molar-refractivity contribution in [1.82, 2.24) is 0 Å². The highest BCUT2D eigenvalue weighted by atomic mass is 35.5. The maximum absolute atomic E-state index is 8.26. The van der Waals surface area contributed by atoms with Crippen LogP contribution in [-0.2, 0) is 0 Å². The van der Waals surface area contributed by atoms with Crippen molar-refractivity contribution >= 4 is 64.9 Å². The van der Waals surface area contributed by atoms with E-state index in [1.807, 2.05) is 49.9 Å². The molecule has 0 amide bonds. The molecule has 0 spiro atoms. The van der Waals surface area contributed by atoms with E-state index in [0.717, 1.165) is 16.3 Å². The van der Waals surface area contributed by atoms with Gasteiger partial charge in [-0.15, -0.1) is 35.9 Å². The molecule has 0 heterocycles. The fraction of sp³-hybridized carbons (Fsp3) is 0.188. The molecule has 0 unspecified atom stereocenters. The quantitative estimate of drug-likeness (QED) is 0.401. The van der Waals surface area contributed by atoms with E-state index in [1.165, 1.54) is 4.90 Å². The van der Waals surface area contributed by atoms with Crippen LogP contribution in [0.2, 0.25) is 5.02 Å². The Morgan fingerprint density at radius 1 is 1.09 bits per heavy atom. The van der Waals surface area contributed by atoms with E-state index >= 15 is 0 Å². The second kappa shape index (κ2) is 9.33. The largest absolute Gasteiger partial charge is 0.325 e. The number of halogens is 2. The third-order valence-corrected chi connectivity index (χ3v) is 4.98. The summed E-state index contributed by atoms with van der Waals surface area (Å²) in [6.07, 6.45) is 4.05. The molecule has 2 N–H and O–H groups in total. The van der Waals surface area contributed by atoms with Gasteiger partial charge in [-0.3, -0.25) is 5.41 Å². The predicted octanol–water partition coefficient (Wildman–Crippen LogP) is 5.69.